The van der Waals surface area contributed by atoms with Crippen molar-refractivity contribution in [2.45, 2.75) is 70.0 Å². The lowest BCUT2D eigenvalue weighted by Crippen LogP contribution is -2.43. The maximum absolute atomic E-state index is 12.9. The van der Waals surface area contributed by atoms with E-state index in [0.29, 0.717) is 31.3 Å². The molecule has 0 atom stereocenters. The van der Waals surface area contributed by atoms with Crippen molar-refractivity contribution in [1.82, 2.24) is 24.9 Å². The zero-order valence-corrected chi connectivity index (χ0v) is 22.0. The number of ketones is 1. The average Bonchev–Trinajstić information content (AvgIpc) is 3.57. The highest BCUT2D eigenvalue weighted by atomic mass is 16.5. The number of hydrogen-bond donors (Lipinski definition) is 3. The molecule has 1 saturated heterocycles. The molecule has 10 heteroatoms. The van der Waals surface area contributed by atoms with Gasteiger partial charge in [-0.05, 0) is 48.8 Å². The van der Waals surface area contributed by atoms with Gasteiger partial charge >= 0.3 is 0 Å². The number of anilines is 2. The van der Waals surface area contributed by atoms with Crippen LogP contribution in [-0.4, -0.2) is 56.1 Å². The van der Waals surface area contributed by atoms with Crippen LogP contribution in [0.2, 0.25) is 0 Å². The molecule has 1 aliphatic heterocycles. The number of carbonyl (C=O) groups excluding carboxylic acids is 2. The summed E-state index contributed by atoms with van der Waals surface area (Å²) in [6, 6.07) is 8.17. The fourth-order valence-electron chi connectivity index (χ4n) is 4.78. The molecule has 38 heavy (non-hydrogen) atoms. The fraction of sp³-hybridized carbons (Fsp3) is 0.464. The Kier molecular flexibility index (Phi) is 7.42. The second kappa shape index (κ2) is 10.9. The van der Waals surface area contributed by atoms with Crippen molar-refractivity contribution < 1.29 is 14.3 Å². The fourth-order valence-corrected chi connectivity index (χ4v) is 4.78. The molecule has 2 aliphatic rings. The van der Waals surface area contributed by atoms with Crippen LogP contribution >= 0.6 is 0 Å². The Morgan fingerprint density at radius 3 is 2.68 bits per heavy atom. The molecule has 2 aromatic heterocycles. The number of benzene rings is 1. The third-order valence-corrected chi connectivity index (χ3v) is 7.21. The lowest BCUT2D eigenvalue weighted by molar-refractivity contribution is -0.126. The second-order valence-corrected chi connectivity index (χ2v) is 10.4. The smallest absolute Gasteiger partial charge is 0.244 e. The van der Waals surface area contributed by atoms with Crippen LogP contribution in [0, 0.1) is 0 Å². The average molecular weight is 518 g/mol. The maximum Gasteiger partial charge on any atom is 0.244 e. The number of fused-ring (bicyclic) bond motifs is 1. The minimum atomic E-state index is -0.742. The lowest BCUT2D eigenvalue weighted by Gasteiger charge is -2.23. The van der Waals surface area contributed by atoms with Crippen molar-refractivity contribution in [3.05, 3.63) is 59.8 Å². The van der Waals surface area contributed by atoms with Crippen LogP contribution in [0.15, 0.2) is 43.1 Å². The van der Waals surface area contributed by atoms with E-state index >= 15 is 0 Å². The predicted octanol–water partition coefficient (Wildman–Crippen LogP) is 3.40. The first-order valence-corrected chi connectivity index (χ1v) is 13.3. The van der Waals surface area contributed by atoms with E-state index in [0.717, 1.165) is 48.4 Å². The Morgan fingerprint density at radius 1 is 1.21 bits per heavy atom. The summed E-state index contributed by atoms with van der Waals surface area (Å²) < 4.78 is 7.23. The van der Waals surface area contributed by atoms with E-state index in [1.54, 1.807) is 4.52 Å². The van der Waals surface area contributed by atoms with Crippen molar-refractivity contribution in [2.24, 2.45) is 0 Å². The zero-order chi connectivity index (χ0) is 26.7. The number of Topliss-reactive ketones (excluding diaryl/α,β-unsaturated/α-hetero) is 1. The van der Waals surface area contributed by atoms with Crippen LogP contribution in [0.5, 0.6) is 0 Å². The molecule has 0 radical (unpaired) electrons. The molecule has 3 aromatic rings. The Bertz CT molecular complexity index is 1340. The predicted molar refractivity (Wildman–Crippen MR) is 145 cm³/mol. The lowest BCUT2D eigenvalue weighted by atomic mass is 10.0. The number of ether oxygens (including phenoxy) is 1. The molecule has 1 saturated carbocycles. The first-order valence-electron chi connectivity index (χ1n) is 13.3. The zero-order valence-electron chi connectivity index (χ0n) is 22.0. The van der Waals surface area contributed by atoms with E-state index in [1.165, 1.54) is 6.08 Å². The third-order valence-electron chi connectivity index (χ3n) is 7.21. The van der Waals surface area contributed by atoms with Gasteiger partial charge in [0.05, 0.1) is 11.7 Å². The van der Waals surface area contributed by atoms with Gasteiger partial charge < -0.3 is 20.7 Å². The Morgan fingerprint density at radius 2 is 1.97 bits per heavy atom. The van der Waals surface area contributed by atoms with E-state index in [4.69, 9.17) is 14.7 Å². The highest BCUT2D eigenvalue weighted by Gasteiger charge is 2.49. The summed E-state index contributed by atoms with van der Waals surface area (Å²) in [4.78, 5) is 34.2. The first-order chi connectivity index (χ1) is 18.4. The third kappa shape index (κ3) is 5.70. The first kappa shape index (κ1) is 25.8. The van der Waals surface area contributed by atoms with Crippen LogP contribution in [0.25, 0.3) is 5.65 Å². The SMILES string of the molecule is C=CC(=O)NC1(C(=O)Cc2cccc(CNc3nc(NC4CCOCC4)nc4c(C(C)C)cnn34)c2)CC1. The van der Waals surface area contributed by atoms with Gasteiger partial charge in [-0.3, -0.25) is 9.59 Å². The van der Waals surface area contributed by atoms with Gasteiger partial charge in [0.1, 0.15) is 0 Å². The molecule has 0 bridgehead atoms. The topological polar surface area (TPSA) is 123 Å². The summed E-state index contributed by atoms with van der Waals surface area (Å²) in [7, 11) is 0. The molecule has 200 valence electrons. The molecule has 0 unspecified atom stereocenters. The van der Waals surface area contributed by atoms with Gasteiger partial charge in [-0.2, -0.15) is 19.6 Å². The highest BCUT2D eigenvalue weighted by molar-refractivity contribution is 5.99. The molecular weight excluding hydrogens is 482 g/mol. The van der Waals surface area contributed by atoms with Gasteiger partial charge in [0, 0.05) is 37.8 Å². The van der Waals surface area contributed by atoms with Crippen molar-refractivity contribution in [3.63, 3.8) is 0 Å². The molecule has 3 heterocycles. The second-order valence-electron chi connectivity index (χ2n) is 10.4. The number of rotatable bonds is 11. The number of carbonyl (C=O) groups is 2. The Balaban J connectivity index is 1.32. The summed E-state index contributed by atoms with van der Waals surface area (Å²) in [5, 5.41) is 14.3. The van der Waals surface area contributed by atoms with E-state index in [-0.39, 0.29) is 30.1 Å². The maximum atomic E-state index is 12.9. The summed E-state index contributed by atoms with van der Waals surface area (Å²) in [6.07, 6.45) is 6.49. The molecular formula is C28H35N7O3. The van der Waals surface area contributed by atoms with Crippen LogP contribution in [0.4, 0.5) is 11.9 Å². The van der Waals surface area contributed by atoms with Gasteiger partial charge in [0.2, 0.25) is 17.8 Å². The van der Waals surface area contributed by atoms with Gasteiger partial charge in [-0.25, -0.2) is 0 Å². The van der Waals surface area contributed by atoms with Crippen molar-refractivity contribution in [2.75, 3.05) is 23.8 Å². The Hall–Kier alpha value is -3.79. The van der Waals surface area contributed by atoms with Gasteiger partial charge in [0.15, 0.2) is 11.4 Å². The molecule has 3 N–H and O–H groups in total. The number of nitrogens with zero attached hydrogens (tertiary/aromatic N) is 4. The molecule has 1 aliphatic carbocycles. The molecule has 0 spiro atoms. The normalized spacial score (nSPS) is 16.8. The molecule has 5 rings (SSSR count). The number of nitrogens with one attached hydrogen (secondary N) is 3. The minimum Gasteiger partial charge on any atom is -0.381 e. The van der Waals surface area contributed by atoms with Crippen LogP contribution in [-0.2, 0) is 27.3 Å². The molecule has 1 amide bonds. The van der Waals surface area contributed by atoms with E-state index in [1.807, 2.05) is 30.5 Å². The van der Waals surface area contributed by atoms with Crippen molar-refractivity contribution in [1.29, 1.82) is 0 Å². The largest absolute Gasteiger partial charge is 0.381 e. The summed E-state index contributed by atoms with van der Waals surface area (Å²) in [6.45, 7) is 9.69. The standard InChI is InChI=1S/C28H35N7O3/c1-4-24(37)34-28(10-11-28)23(36)15-19-6-5-7-20(14-19)16-29-27-33-26(31-21-8-12-38-13-9-21)32-25-22(18(2)3)17-30-35(25)27/h4-7,14,17-18,21H,1,8-13,15-16H2,2-3H3,(H,34,37)(H2,29,31,32,33). The van der Waals surface area contributed by atoms with Crippen molar-refractivity contribution >= 4 is 29.2 Å². The van der Waals surface area contributed by atoms with Crippen LogP contribution in [0.1, 0.15) is 62.1 Å². The summed E-state index contributed by atoms with van der Waals surface area (Å²) >= 11 is 0. The quantitative estimate of drug-likeness (QED) is 0.331. The number of hydrogen-bond acceptors (Lipinski definition) is 8. The summed E-state index contributed by atoms with van der Waals surface area (Å²) in [5.41, 5.74) is 3.02. The Labute approximate surface area is 222 Å². The minimum absolute atomic E-state index is 0.0249. The molecule has 10 nitrogen and oxygen atoms in total. The highest BCUT2D eigenvalue weighted by Crippen LogP contribution is 2.37. The van der Waals surface area contributed by atoms with Crippen LogP contribution in [0.3, 0.4) is 0 Å². The van der Waals surface area contributed by atoms with E-state index < -0.39 is 5.54 Å². The van der Waals surface area contributed by atoms with Gasteiger partial charge in [0.25, 0.3) is 0 Å². The molecule has 1 aromatic carbocycles. The number of amides is 1. The van der Waals surface area contributed by atoms with E-state index in [9.17, 15) is 9.59 Å². The number of aromatic nitrogens is 4. The van der Waals surface area contributed by atoms with Gasteiger partial charge in [-0.15, -0.1) is 0 Å². The van der Waals surface area contributed by atoms with E-state index in [2.05, 4.69) is 41.5 Å². The monoisotopic (exact) mass is 517 g/mol. The van der Waals surface area contributed by atoms with Gasteiger partial charge in [-0.1, -0.05) is 44.7 Å². The molecule has 2 fully saturated rings. The summed E-state index contributed by atoms with van der Waals surface area (Å²) in [5.74, 6) is 1.16. The van der Waals surface area contributed by atoms with Crippen LogP contribution < -0.4 is 16.0 Å². The van der Waals surface area contributed by atoms with Crippen molar-refractivity contribution in [3.8, 4) is 0 Å².